The number of fused-ring (bicyclic) bond motifs is 1. The first-order chi connectivity index (χ1) is 13.7. The Morgan fingerprint density at radius 2 is 1.93 bits per heavy atom. The van der Waals surface area contributed by atoms with Crippen molar-refractivity contribution in [2.75, 3.05) is 19.5 Å². The number of amides is 1. The fraction of sp³-hybridized carbons (Fsp3) is 0.100. The molecular formula is C20H17N5O3. The van der Waals surface area contributed by atoms with E-state index >= 15 is 0 Å². The van der Waals surface area contributed by atoms with E-state index in [-0.39, 0.29) is 5.91 Å². The van der Waals surface area contributed by atoms with E-state index in [9.17, 15) is 4.79 Å². The Morgan fingerprint density at radius 3 is 2.75 bits per heavy atom. The average molecular weight is 375 g/mol. The van der Waals surface area contributed by atoms with E-state index in [4.69, 9.17) is 9.47 Å². The minimum atomic E-state index is -0.279. The third-order valence-corrected chi connectivity index (χ3v) is 4.23. The lowest BCUT2D eigenvalue weighted by atomic mass is 10.1. The van der Waals surface area contributed by atoms with Gasteiger partial charge in [-0.15, -0.1) is 10.2 Å². The summed E-state index contributed by atoms with van der Waals surface area (Å²) in [5.74, 6) is 0.775. The lowest BCUT2D eigenvalue weighted by Crippen LogP contribution is -2.13. The molecule has 0 spiro atoms. The van der Waals surface area contributed by atoms with Crippen LogP contribution in [0.1, 0.15) is 10.4 Å². The van der Waals surface area contributed by atoms with E-state index in [0.717, 1.165) is 11.3 Å². The van der Waals surface area contributed by atoms with Gasteiger partial charge in [-0.1, -0.05) is 12.1 Å². The van der Waals surface area contributed by atoms with E-state index in [1.165, 1.54) is 7.11 Å². The Labute approximate surface area is 160 Å². The van der Waals surface area contributed by atoms with Gasteiger partial charge in [0.2, 0.25) is 0 Å². The Balaban J connectivity index is 1.60. The van der Waals surface area contributed by atoms with Gasteiger partial charge in [0.25, 0.3) is 5.91 Å². The Bertz CT molecular complexity index is 1160. The number of hydrogen-bond acceptors (Lipinski definition) is 6. The summed E-state index contributed by atoms with van der Waals surface area (Å²) >= 11 is 0. The largest absolute Gasteiger partial charge is 0.497 e. The smallest absolute Gasteiger partial charge is 0.259 e. The third-order valence-electron chi connectivity index (χ3n) is 4.23. The molecule has 0 aliphatic rings. The molecule has 0 aliphatic carbocycles. The van der Waals surface area contributed by atoms with Crippen LogP contribution in [0.15, 0.2) is 60.9 Å². The highest BCUT2D eigenvalue weighted by Crippen LogP contribution is 2.26. The van der Waals surface area contributed by atoms with Gasteiger partial charge < -0.3 is 14.8 Å². The summed E-state index contributed by atoms with van der Waals surface area (Å²) in [6, 6.07) is 16.2. The average Bonchev–Trinajstić information content (AvgIpc) is 3.21. The minimum Gasteiger partial charge on any atom is -0.497 e. The van der Waals surface area contributed by atoms with E-state index in [1.807, 2.05) is 36.4 Å². The van der Waals surface area contributed by atoms with Crippen molar-refractivity contribution in [2.45, 2.75) is 0 Å². The molecule has 0 atom stereocenters. The number of benzene rings is 2. The zero-order valence-electron chi connectivity index (χ0n) is 15.3. The predicted molar refractivity (Wildman–Crippen MR) is 104 cm³/mol. The number of carbonyl (C=O) groups is 1. The van der Waals surface area contributed by atoms with Crippen LogP contribution in [0.3, 0.4) is 0 Å². The van der Waals surface area contributed by atoms with Crippen LogP contribution >= 0.6 is 0 Å². The van der Waals surface area contributed by atoms with Gasteiger partial charge in [-0.3, -0.25) is 4.79 Å². The summed E-state index contributed by atoms with van der Waals surface area (Å²) < 4.78 is 12.1. The topological polar surface area (TPSA) is 90.6 Å². The van der Waals surface area contributed by atoms with E-state index in [1.54, 1.807) is 36.2 Å². The Morgan fingerprint density at radius 1 is 1.04 bits per heavy atom. The van der Waals surface area contributed by atoms with Crippen molar-refractivity contribution in [2.24, 2.45) is 0 Å². The Hall–Kier alpha value is -3.94. The number of hydrogen-bond donors (Lipinski definition) is 1. The molecule has 4 rings (SSSR count). The molecule has 0 aliphatic heterocycles. The number of anilines is 1. The van der Waals surface area contributed by atoms with Gasteiger partial charge in [0.05, 0.1) is 25.5 Å². The standard InChI is InChI=1S/C20H17N5O3/c1-27-15-6-7-16(18(11-15)28-2)20(26)22-14-5-3-4-13(10-14)17-8-9-19-23-21-12-25(19)24-17/h3-12H,1-2H3,(H,22,26). The molecule has 4 aromatic rings. The van der Waals surface area contributed by atoms with Crippen LogP contribution in [-0.2, 0) is 0 Å². The fourth-order valence-electron chi connectivity index (χ4n) is 2.82. The fourth-order valence-corrected chi connectivity index (χ4v) is 2.82. The van der Waals surface area contributed by atoms with Crippen molar-refractivity contribution in [3.63, 3.8) is 0 Å². The van der Waals surface area contributed by atoms with Gasteiger partial charge >= 0.3 is 0 Å². The molecule has 0 radical (unpaired) electrons. The van der Waals surface area contributed by atoms with Crippen LogP contribution in [0.2, 0.25) is 0 Å². The van der Waals surface area contributed by atoms with Crippen LogP contribution in [0, 0.1) is 0 Å². The number of nitrogens with one attached hydrogen (secondary N) is 1. The summed E-state index contributed by atoms with van der Waals surface area (Å²) in [4.78, 5) is 12.7. The number of methoxy groups -OCH3 is 2. The van der Waals surface area contributed by atoms with Crippen molar-refractivity contribution in [1.82, 2.24) is 19.8 Å². The maximum absolute atomic E-state index is 12.7. The summed E-state index contributed by atoms with van der Waals surface area (Å²) in [6.07, 6.45) is 1.54. The maximum Gasteiger partial charge on any atom is 0.259 e. The highest BCUT2D eigenvalue weighted by Gasteiger charge is 2.14. The van der Waals surface area contributed by atoms with Gasteiger partial charge in [-0.25, -0.2) is 0 Å². The molecule has 8 heteroatoms. The molecule has 2 aromatic heterocycles. The number of ether oxygens (including phenoxy) is 2. The van der Waals surface area contributed by atoms with Crippen molar-refractivity contribution >= 4 is 17.2 Å². The van der Waals surface area contributed by atoms with Crippen molar-refractivity contribution in [1.29, 1.82) is 0 Å². The van der Waals surface area contributed by atoms with Gasteiger partial charge in [-0.05, 0) is 36.4 Å². The summed E-state index contributed by atoms with van der Waals surface area (Å²) in [7, 11) is 3.07. The maximum atomic E-state index is 12.7. The predicted octanol–water partition coefficient (Wildman–Crippen LogP) is 3.06. The molecule has 0 unspecified atom stereocenters. The van der Waals surface area contributed by atoms with Gasteiger partial charge in [-0.2, -0.15) is 9.61 Å². The zero-order chi connectivity index (χ0) is 19.5. The monoisotopic (exact) mass is 375 g/mol. The van der Waals surface area contributed by atoms with Crippen LogP contribution in [0.5, 0.6) is 11.5 Å². The zero-order valence-corrected chi connectivity index (χ0v) is 15.3. The van der Waals surface area contributed by atoms with E-state index in [0.29, 0.717) is 28.4 Å². The second-order valence-corrected chi connectivity index (χ2v) is 5.95. The molecule has 0 saturated heterocycles. The molecule has 8 nitrogen and oxygen atoms in total. The number of rotatable bonds is 5. The van der Waals surface area contributed by atoms with Gasteiger partial charge in [0.15, 0.2) is 5.65 Å². The highest BCUT2D eigenvalue weighted by molar-refractivity contribution is 6.06. The first-order valence-electron chi connectivity index (χ1n) is 8.49. The number of carbonyl (C=O) groups excluding carboxylic acids is 1. The normalized spacial score (nSPS) is 10.6. The quantitative estimate of drug-likeness (QED) is 0.576. The third kappa shape index (κ3) is 3.35. The van der Waals surface area contributed by atoms with Crippen molar-refractivity contribution in [3.05, 3.63) is 66.5 Å². The lowest BCUT2D eigenvalue weighted by Gasteiger charge is -2.11. The molecule has 2 aromatic carbocycles. The second kappa shape index (κ2) is 7.36. The molecule has 1 N–H and O–H groups in total. The lowest BCUT2D eigenvalue weighted by molar-refractivity contribution is 0.102. The van der Waals surface area contributed by atoms with Crippen molar-refractivity contribution < 1.29 is 14.3 Å². The number of nitrogens with zero attached hydrogens (tertiary/aromatic N) is 4. The highest BCUT2D eigenvalue weighted by atomic mass is 16.5. The molecule has 0 bridgehead atoms. The van der Waals surface area contributed by atoms with Crippen LogP contribution < -0.4 is 14.8 Å². The molecule has 1 amide bonds. The first-order valence-corrected chi connectivity index (χ1v) is 8.49. The van der Waals surface area contributed by atoms with E-state index < -0.39 is 0 Å². The summed E-state index contributed by atoms with van der Waals surface area (Å²) in [6.45, 7) is 0. The summed E-state index contributed by atoms with van der Waals surface area (Å²) in [5, 5.41) is 15.1. The summed E-state index contributed by atoms with van der Waals surface area (Å²) in [5.41, 5.74) is 3.32. The van der Waals surface area contributed by atoms with Crippen LogP contribution in [0.25, 0.3) is 16.9 Å². The van der Waals surface area contributed by atoms with Crippen molar-refractivity contribution in [3.8, 4) is 22.8 Å². The molecule has 2 heterocycles. The first kappa shape index (κ1) is 17.5. The van der Waals surface area contributed by atoms with Crippen LogP contribution in [0.4, 0.5) is 5.69 Å². The SMILES string of the molecule is COc1ccc(C(=O)Nc2cccc(-c3ccc4nncn4n3)c2)c(OC)c1. The minimum absolute atomic E-state index is 0.279. The molecular weight excluding hydrogens is 358 g/mol. The number of aromatic nitrogens is 4. The molecule has 28 heavy (non-hydrogen) atoms. The Kier molecular flexibility index (Phi) is 4.59. The van der Waals surface area contributed by atoms with E-state index in [2.05, 4.69) is 20.6 Å². The molecule has 140 valence electrons. The molecule has 0 saturated carbocycles. The second-order valence-electron chi connectivity index (χ2n) is 5.95. The van der Waals surface area contributed by atoms with Gasteiger partial charge in [0, 0.05) is 17.3 Å². The molecule has 0 fully saturated rings. The van der Waals surface area contributed by atoms with Gasteiger partial charge in [0.1, 0.15) is 17.8 Å². The van der Waals surface area contributed by atoms with Crippen LogP contribution in [-0.4, -0.2) is 39.9 Å².